The Labute approximate surface area is 159 Å². The summed E-state index contributed by atoms with van der Waals surface area (Å²) in [4.78, 5) is 2.71. The lowest BCUT2D eigenvalue weighted by molar-refractivity contribution is 0.239. The van der Waals surface area contributed by atoms with E-state index in [4.69, 9.17) is 0 Å². The fourth-order valence-electron chi connectivity index (χ4n) is 2.44. The van der Waals surface area contributed by atoms with E-state index >= 15 is 0 Å². The average Bonchev–Trinajstić information content (AvgIpc) is 2.44. The lowest BCUT2D eigenvalue weighted by Crippen LogP contribution is -2.44. The van der Waals surface area contributed by atoms with Crippen LogP contribution in [0.5, 0.6) is 0 Å². The maximum absolute atomic E-state index is 12.3. The van der Waals surface area contributed by atoms with E-state index in [2.05, 4.69) is 30.9 Å². The fraction of sp³-hybridized carbons (Fsp3) is 0.571. The van der Waals surface area contributed by atoms with Gasteiger partial charge < -0.3 is 10.2 Å². The molecular weight excluding hydrogens is 425 g/mol. The molecule has 23 heavy (non-hydrogen) atoms. The summed E-state index contributed by atoms with van der Waals surface area (Å²) < 4.78 is 28.1. The SMILES string of the molecule is Cc1cc(Br)ccc1S(=O)(=O)NCCCN1CCNCC1.Cl.Cl. The number of benzene rings is 1. The molecule has 1 aromatic carbocycles. The molecule has 9 heteroatoms. The fourth-order valence-corrected chi connectivity index (χ4v) is 4.21. The minimum Gasteiger partial charge on any atom is -0.314 e. The summed E-state index contributed by atoms with van der Waals surface area (Å²) in [6.07, 6.45) is 0.828. The van der Waals surface area contributed by atoms with Crippen LogP contribution in [0.25, 0.3) is 0 Å². The first kappa shape index (κ1) is 23.1. The predicted molar refractivity (Wildman–Crippen MR) is 102 cm³/mol. The molecule has 2 N–H and O–H groups in total. The van der Waals surface area contributed by atoms with Crippen molar-refractivity contribution in [1.82, 2.24) is 14.9 Å². The number of nitrogens with one attached hydrogen (secondary N) is 2. The van der Waals surface area contributed by atoms with Crippen molar-refractivity contribution >= 4 is 50.8 Å². The molecule has 0 aliphatic carbocycles. The molecule has 1 heterocycles. The topological polar surface area (TPSA) is 61.4 Å². The van der Waals surface area contributed by atoms with Crippen LogP contribution in [-0.4, -0.2) is 52.6 Å². The summed E-state index contributed by atoms with van der Waals surface area (Å²) >= 11 is 3.35. The van der Waals surface area contributed by atoms with Gasteiger partial charge in [-0.25, -0.2) is 13.1 Å². The van der Waals surface area contributed by atoms with Gasteiger partial charge in [-0.15, -0.1) is 24.8 Å². The summed E-state index contributed by atoms with van der Waals surface area (Å²) in [7, 11) is -3.41. The summed E-state index contributed by atoms with van der Waals surface area (Å²) in [5, 5.41) is 3.30. The van der Waals surface area contributed by atoms with Gasteiger partial charge in [-0.3, -0.25) is 0 Å². The van der Waals surface area contributed by atoms with E-state index < -0.39 is 10.0 Å². The summed E-state index contributed by atoms with van der Waals surface area (Å²) in [5.74, 6) is 0. The van der Waals surface area contributed by atoms with Gasteiger partial charge in [0.2, 0.25) is 10.0 Å². The van der Waals surface area contributed by atoms with Crippen LogP contribution in [0.15, 0.2) is 27.6 Å². The van der Waals surface area contributed by atoms with Crippen LogP contribution >= 0.6 is 40.7 Å². The molecule has 2 rings (SSSR count). The molecule has 1 aliphatic rings. The van der Waals surface area contributed by atoms with Crippen molar-refractivity contribution in [2.24, 2.45) is 0 Å². The monoisotopic (exact) mass is 447 g/mol. The summed E-state index contributed by atoms with van der Waals surface area (Å²) in [6, 6.07) is 5.20. The zero-order chi connectivity index (χ0) is 15.3. The Kier molecular flexibility index (Phi) is 10.9. The number of hydrogen-bond acceptors (Lipinski definition) is 4. The van der Waals surface area contributed by atoms with Crippen molar-refractivity contribution < 1.29 is 8.42 Å². The molecule has 0 saturated carbocycles. The quantitative estimate of drug-likeness (QED) is 0.654. The van der Waals surface area contributed by atoms with E-state index in [1.165, 1.54) is 0 Å². The van der Waals surface area contributed by atoms with E-state index in [1.807, 2.05) is 6.07 Å². The molecule has 5 nitrogen and oxygen atoms in total. The summed E-state index contributed by atoms with van der Waals surface area (Å²) in [5.41, 5.74) is 0.749. The second-order valence-electron chi connectivity index (χ2n) is 5.25. The number of hydrogen-bond donors (Lipinski definition) is 2. The van der Waals surface area contributed by atoms with Crippen LogP contribution < -0.4 is 10.0 Å². The lowest BCUT2D eigenvalue weighted by Gasteiger charge is -2.27. The van der Waals surface area contributed by atoms with Gasteiger partial charge in [0.1, 0.15) is 0 Å². The molecule has 0 amide bonds. The normalized spacial score (nSPS) is 15.6. The number of sulfonamides is 1. The minimum absolute atomic E-state index is 0. The van der Waals surface area contributed by atoms with Crippen molar-refractivity contribution in [1.29, 1.82) is 0 Å². The Hall–Kier alpha value is 0.110. The highest BCUT2D eigenvalue weighted by Crippen LogP contribution is 2.19. The standard InChI is InChI=1S/C14H22BrN3O2S.2ClH/c1-12-11-13(15)3-4-14(12)21(19,20)17-5-2-8-18-9-6-16-7-10-18;;/h3-4,11,16-17H,2,5-10H2,1H3;2*1H. The van der Waals surface area contributed by atoms with Gasteiger partial charge >= 0.3 is 0 Å². The number of aryl methyl sites for hydroxylation is 1. The third-order valence-electron chi connectivity index (χ3n) is 3.58. The average molecular weight is 449 g/mol. The van der Waals surface area contributed by atoms with Crippen LogP contribution in [0.1, 0.15) is 12.0 Å². The second-order valence-corrected chi connectivity index (χ2v) is 7.90. The zero-order valence-electron chi connectivity index (χ0n) is 13.0. The van der Waals surface area contributed by atoms with Crippen molar-refractivity contribution in [2.45, 2.75) is 18.2 Å². The van der Waals surface area contributed by atoms with Crippen molar-refractivity contribution in [3.05, 3.63) is 28.2 Å². The van der Waals surface area contributed by atoms with Crippen LogP contribution in [0.3, 0.4) is 0 Å². The van der Waals surface area contributed by atoms with Crippen LogP contribution in [0.2, 0.25) is 0 Å². The molecule has 0 spiro atoms. The molecule has 1 fully saturated rings. The van der Waals surface area contributed by atoms with E-state index in [0.29, 0.717) is 11.4 Å². The van der Waals surface area contributed by atoms with Crippen molar-refractivity contribution in [2.75, 3.05) is 39.3 Å². The van der Waals surface area contributed by atoms with Gasteiger partial charge in [0.15, 0.2) is 0 Å². The van der Waals surface area contributed by atoms with Crippen LogP contribution in [0, 0.1) is 6.92 Å². The predicted octanol–water partition coefficient (Wildman–Crippen LogP) is 2.17. The third kappa shape index (κ3) is 7.25. The Morgan fingerprint density at radius 3 is 2.52 bits per heavy atom. The Morgan fingerprint density at radius 2 is 1.91 bits per heavy atom. The van der Waals surface area contributed by atoms with Crippen LogP contribution in [0.4, 0.5) is 0 Å². The lowest BCUT2D eigenvalue weighted by atomic mass is 10.2. The number of halogens is 3. The number of piperazine rings is 1. The second kappa shape index (κ2) is 10.9. The summed E-state index contributed by atoms with van der Waals surface area (Å²) in [6.45, 7) is 7.33. The third-order valence-corrected chi connectivity index (χ3v) is 5.69. The van der Waals surface area contributed by atoms with Gasteiger partial charge in [0, 0.05) is 37.2 Å². The molecule has 0 bridgehead atoms. The van der Waals surface area contributed by atoms with E-state index in [-0.39, 0.29) is 24.8 Å². The van der Waals surface area contributed by atoms with E-state index in [0.717, 1.165) is 49.2 Å². The van der Waals surface area contributed by atoms with Crippen molar-refractivity contribution in [3.63, 3.8) is 0 Å². The highest BCUT2D eigenvalue weighted by Gasteiger charge is 2.16. The maximum atomic E-state index is 12.3. The molecule has 1 aliphatic heterocycles. The number of nitrogens with zero attached hydrogens (tertiary/aromatic N) is 1. The smallest absolute Gasteiger partial charge is 0.240 e. The van der Waals surface area contributed by atoms with Crippen LogP contribution in [-0.2, 0) is 10.0 Å². The molecule has 0 aromatic heterocycles. The molecule has 0 radical (unpaired) electrons. The molecule has 0 unspecified atom stereocenters. The van der Waals surface area contributed by atoms with Gasteiger partial charge in [0.25, 0.3) is 0 Å². The first-order valence-corrected chi connectivity index (χ1v) is 9.45. The molecule has 1 saturated heterocycles. The zero-order valence-corrected chi connectivity index (χ0v) is 17.1. The molecule has 1 aromatic rings. The number of rotatable bonds is 6. The van der Waals surface area contributed by atoms with Crippen molar-refractivity contribution in [3.8, 4) is 0 Å². The first-order valence-electron chi connectivity index (χ1n) is 7.18. The first-order chi connectivity index (χ1) is 9.99. The van der Waals surface area contributed by atoms with E-state index in [9.17, 15) is 8.42 Å². The molecule has 134 valence electrons. The highest BCUT2D eigenvalue weighted by molar-refractivity contribution is 9.10. The molecule has 0 atom stereocenters. The Bertz CT molecular complexity index is 581. The maximum Gasteiger partial charge on any atom is 0.240 e. The van der Waals surface area contributed by atoms with Gasteiger partial charge in [-0.1, -0.05) is 15.9 Å². The largest absolute Gasteiger partial charge is 0.314 e. The molecular formula is C14H24BrCl2N3O2S. The van der Waals surface area contributed by atoms with Gasteiger partial charge in [0.05, 0.1) is 4.90 Å². The minimum atomic E-state index is -3.41. The van der Waals surface area contributed by atoms with E-state index in [1.54, 1.807) is 19.1 Å². The highest BCUT2D eigenvalue weighted by atomic mass is 79.9. The Balaban J connectivity index is 0.00000242. The van der Waals surface area contributed by atoms with Gasteiger partial charge in [-0.05, 0) is 43.7 Å². The van der Waals surface area contributed by atoms with Gasteiger partial charge in [-0.2, -0.15) is 0 Å². The Morgan fingerprint density at radius 1 is 1.26 bits per heavy atom.